The van der Waals surface area contributed by atoms with Crippen molar-refractivity contribution in [2.24, 2.45) is 0 Å². The minimum Gasteiger partial charge on any atom is -0.491 e. The molecule has 1 aromatic carbocycles. The van der Waals surface area contributed by atoms with E-state index in [1.807, 2.05) is 18.2 Å². The molecular weight excluding hydrogens is 359 g/mol. The Morgan fingerprint density at radius 2 is 1.92 bits per heavy atom. The number of nitrogens with zero attached hydrogens (tertiary/aromatic N) is 4. The van der Waals surface area contributed by atoms with E-state index < -0.39 is 0 Å². The van der Waals surface area contributed by atoms with Gasteiger partial charge < -0.3 is 9.64 Å². The van der Waals surface area contributed by atoms with Gasteiger partial charge in [-0.05, 0) is 18.2 Å². The van der Waals surface area contributed by atoms with Gasteiger partial charge in [0.1, 0.15) is 24.2 Å². The number of pyridine rings is 1. The molecule has 7 heteroatoms. The standard InChI is InChI=1S/C18H18Cl2N4O/c19-15-11-16(20)18(22-13-15)24-7-5-23(6-8-24)9-10-25-17-4-2-1-3-14(17)12-21/h1-4,11,13H,5-10H2. The van der Waals surface area contributed by atoms with Crippen molar-refractivity contribution in [2.75, 3.05) is 44.2 Å². The van der Waals surface area contributed by atoms with Crippen LogP contribution in [0.15, 0.2) is 36.5 Å². The van der Waals surface area contributed by atoms with E-state index in [0.29, 0.717) is 28.0 Å². The molecule has 0 radical (unpaired) electrons. The minimum atomic E-state index is 0.544. The number of piperazine rings is 1. The third-order valence-corrected chi connectivity index (χ3v) is 4.62. The Bertz CT molecular complexity index is 770. The van der Waals surface area contributed by atoms with Crippen LogP contribution in [0, 0.1) is 11.3 Å². The van der Waals surface area contributed by atoms with E-state index in [4.69, 9.17) is 33.2 Å². The summed E-state index contributed by atoms with van der Waals surface area (Å²) in [5.74, 6) is 1.42. The van der Waals surface area contributed by atoms with E-state index in [9.17, 15) is 0 Å². The number of ether oxygens (including phenoxy) is 1. The maximum absolute atomic E-state index is 9.07. The summed E-state index contributed by atoms with van der Waals surface area (Å²) in [6.07, 6.45) is 1.62. The summed E-state index contributed by atoms with van der Waals surface area (Å²) < 4.78 is 5.75. The van der Waals surface area contributed by atoms with E-state index in [-0.39, 0.29) is 0 Å². The third kappa shape index (κ3) is 4.55. The fourth-order valence-electron chi connectivity index (χ4n) is 2.79. The maximum atomic E-state index is 9.07. The van der Waals surface area contributed by atoms with Crippen molar-refractivity contribution >= 4 is 29.0 Å². The Morgan fingerprint density at radius 3 is 2.64 bits per heavy atom. The monoisotopic (exact) mass is 376 g/mol. The van der Waals surface area contributed by atoms with Crippen molar-refractivity contribution in [1.82, 2.24) is 9.88 Å². The Hall–Kier alpha value is -2.00. The smallest absolute Gasteiger partial charge is 0.147 e. The summed E-state index contributed by atoms with van der Waals surface area (Å²) in [6.45, 7) is 4.88. The van der Waals surface area contributed by atoms with Gasteiger partial charge in [-0.15, -0.1) is 0 Å². The molecule has 130 valence electrons. The lowest BCUT2D eigenvalue weighted by molar-refractivity contribution is 0.200. The molecule has 25 heavy (non-hydrogen) atoms. The number of benzene rings is 1. The highest BCUT2D eigenvalue weighted by Crippen LogP contribution is 2.26. The first-order valence-electron chi connectivity index (χ1n) is 8.07. The second-order valence-electron chi connectivity index (χ2n) is 5.74. The van der Waals surface area contributed by atoms with E-state index in [1.54, 1.807) is 18.3 Å². The van der Waals surface area contributed by atoms with Gasteiger partial charge in [-0.25, -0.2) is 4.98 Å². The van der Waals surface area contributed by atoms with Crippen LogP contribution in [0.2, 0.25) is 10.0 Å². The normalized spacial score (nSPS) is 15.0. The first-order valence-corrected chi connectivity index (χ1v) is 8.83. The van der Waals surface area contributed by atoms with Gasteiger partial charge in [-0.1, -0.05) is 35.3 Å². The number of hydrogen-bond acceptors (Lipinski definition) is 5. The largest absolute Gasteiger partial charge is 0.491 e. The summed E-state index contributed by atoms with van der Waals surface area (Å²) in [5.41, 5.74) is 0.566. The molecule has 0 spiro atoms. The van der Waals surface area contributed by atoms with Gasteiger partial charge in [0.2, 0.25) is 0 Å². The van der Waals surface area contributed by atoms with Gasteiger partial charge in [0, 0.05) is 38.9 Å². The predicted octanol–water partition coefficient (Wildman–Crippen LogP) is 3.46. The van der Waals surface area contributed by atoms with Crippen LogP contribution in [-0.4, -0.2) is 49.2 Å². The van der Waals surface area contributed by atoms with Gasteiger partial charge in [0.05, 0.1) is 15.6 Å². The first-order chi connectivity index (χ1) is 12.2. The average Bonchev–Trinajstić information content (AvgIpc) is 2.63. The van der Waals surface area contributed by atoms with Crippen LogP contribution in [0.3, 0.4) is 0 Å². The Morgan fingerprint density at radius 1 is 1.16 bits per heavy atom. The van der Waals surface area contributed by atoms with Crippen LogP contribution in [0.25, 0.3) is 0 Å². The molecule has 5 nitrogen and oxygen atoms in total. The Labute approximate surface area is 157 Å². The van der Waals surface area contributed by atoms with Crippen LogP contribution in [-0.2, 0) is 0 Å². The quantitative estimate of drug-likeness (QED) is 0.799. The summed E-state index contributed by atoms with van der Waals surface area (Å²) in [7, 11) is 0. The molecule has 0 bridgehead atoms. The van der Waals surface area contributed by atoms with E-state index in [2.05, 4.69) is 20.9 Å². The molecule has 2 aromatic rings. The molecule has 1 fully saturated rings. The van der Waals surface area contributed by atoms with Crippen LogP contribution in [0.5, 0.6) is 5.75 Å². The number of para-hydroxylation sites is 1. The number of aromatic nitrogens is 1. The van der Waals surface area contributed by atoms with E-state index in [1.165, 1.54) is 0 Å². The van der Waals surface area contributed by atoms with Gasteiger partial charge >= 0.3 is 0 Å². The van der Waals surface area contributed by atoms with Crippen molar-refractivity contribution in [1.29, 1.82) is 5.26 Å². The number of halogens is 2. The van der Waals surface area contributed by atoms with Crippen LogP contribution in [0.1, 0.15) is 5.56 Å². The Balaban J connectivity index is 1.47. The first kappa shape index (κ1) is 17.8. The van der Waals surface area contributed by atoms with Crippen LogP contribution in [0.4, 0.5) is 5.82 Å². The fourth-order valence-corrected chi connectivity index (χ4v) is 3.29. The van der Waals surface area contributed by atoms with Crippen molar-refractivity contribution in [3.63, 3.8) is 0 Å². The SMILES string of the molecule is N#Cc1ccccc1OCCN1CCN(c2ncc(Cl)cc2Cl)CC1. The van der Waals surface area contributed by atoms with E-state index in [0.717, 1.165) is 38.5 Å². The average molecular weight is 377 g/mol. The van der Waals surface area contributed by atoms with Crippen molar-refractivity contribution in [3.05, 3.63) is 52.1 Å². The lowest BCUT2D eigenvalue weighted by Crippen LogP contribution is -2.47. The molecule has 0 atom stereocenters. The van der Waals surface area contributed by atoms with Gasteiger partial charge in [0.15, 0.2) is 0 Å². The topological polar surface area (TPSA) is 52.4 Å². The van der Waals surface area contributed by atoms with Gasteiger partial charge in [-0.3, -0.25) is 4.90 Å². The highest BCUT2D eigenvalue weighted by atomic mass is 35.5. The van der Waals surface area contributed by atoms with Crippen molar-refractivity contribution in [3.8, 4) is 11.8 Å². The molecule has 1 aliphatic heterocycles. The zero-order valence-corrected chi connectivity index (χ0v) is 15.2. The summed E-state index contributed by atoms with van der Waals surface area (Å²) in [5, 5.41) is 10.2. The lowest BCUT2D eigenvalue weighted by Gasteiger charge is -2.35. The molecule has 2 heterocycles. The number of nitriles is 1. The summed E-state index contributed by atoms with van der Waals surface area (Å²) in [6, 6.07) is 11.2. The third-order valence-electron chi connectivity index (χ3n) is 4.13. The molecule has 1 saturated heterocycles. The molecule has 1 aliphatic rings. The number of rotatable bonds is 5. The predicted molar refractivity (Wildman–Crippen MR) is 99.6 cm³/mol. The van der Waals surface area contributed by atoms with E-state index >= 15 is 0 Å². The number of anilines is 1. The van der Waals surface area contributed by atoms with Gasteiger partial charge in [-0.2, -0.15) is 5.26 Å². The molecule has 0 aliphatic carbocycles. The lowest BCUT2D eigenvalue weighted by atomic mass is 10.2. The molecular formula is C18H18Cl2N4O. The molecule has 0 N–H and O–H groups in total. The fraction of sp³-hybridized carbons (Fsp3) is 0.333. The molecule has 0 unspecified atom stereocenters. The minimum absolute atomic E-state index is 0.544. The van der Waals surface area contributed by atoms with Crippen LogP contribution < -0.4 is 9.64 Å². The van der Waals surface area contributed by atoms with Crippen molar-refractivity contribution in [2.45, 2.75) is 0 Å². The van der Waals surface area contributed by atoms with Gasteiger partial charge in [0.25, 0.3) is 0 Å². The molecule has 1 aromatic heterocycles. The molecule has 3 rings (SSSR count). The van der Waals surface area contributed by atoms with Crippen molar-refractivity contribution < 1.29 is 4.74 Å². The Kier molecular flexibility index (Phi) is 5.98. The summed E-state index contributed by atoms with van der Waals surface area (Å²) in [4.78, 5) is 8.83. The molecule has 0 amide bonds. The van der Waals surface area contributed by atoms with Crippen LogP contribution >= 0.6 is 23.2 Å². The zero-order chi connectivity index (χ0) is 17.6. The highest BCUT2D eigenvalue weighted by molar-refractivity contribution is 6.36. The molecule has 0 saturated carbocycles. The summed E-state index contributed by atoms with van der Waals surface area (Å²) >= 11 is 12.1. The zero-order valence-electron chi connectivity index (χ0n) is 13.7. The number of hydrogen-bond donors (Lipinski definition) is 0. The maximum Gasteiger partial charge on any atom is 0.147 e. The second kappa shape index (κ2) is 8.39. The highest BCUT2D eigenvalue weighted by Gasteiger charge is 2.20. The second-order valence-corrected chi connectivity index (χ2v) is 6.59.